The van der Waals surface area contributed by atoms with Crippen LogP contribution in [0.4, 0.5) is 0 Å². The summed E-state index contributed by atoms with van der Waals surface area (Å²) < 4.78 is 15.9. The van der Waals surface area contributed by atoms with Crippen molar-refractivity contribution in [3.63, 3.8) is 0 Å². The molecule has 32 heavy (non-hydrogen) atoms. The van der Waals surface area contributed by atoms with Crippen LogP contribution in [0.3, 0.4) is 0 Å². The largest absolute Gasteiger partial charge is 0.507 e. The smallest absolute Gasteiger partial charge is 0.231 e. The minimum atomic E-state index is 0.0902. The summed E-state index contributed by atoms with van der Waals surface area (Å²) >= 11 is 0. The quantitative estimate of drug-likeness (QED) is 0.652. The molecule has 1 amide bonds. The van der Waals surface area contributed by atoms with Gasteiger partial charge in [0.25, 0.3) is 0 Å². The van der Waals surface area contributed by atoms with Gasteiger partial charge in [0.1, 0.15) is 11.5 Å². The first-order valence-electron chi connectivity index (χ1n) is 11.3. The zero-order valence-corrected chi connectivity index (χ0v) is 18.8. The van der Waals surface area contributed by atoms with Crippen molar-refractivity contribution in [2.75, 3.05) is 27.0 Å². The van der Waals surface area contributed by atoms with Crippen LogP contribution in [-0.2, 0) is 17.9 Å². The maximum Gasteiger partial charge on any atom is 0.231 e. The van der Waals surface area contributed by atoms with Crippen LogP contribution in [0.2, 0.25) is 0 Å². The second-order valence-corrected chi connectivity index (χ2v) is 8.62. The second kappa shape index (κ2) is 10.1. The number of ether oxygens (including phenoxy) is 3. The highest BCUT2D eigenvalue weighted by Crippen LogP contribution is 2.33. The number of nitrogens with zero attached hydrogens (tertiary/aromatic N) is 1. The number of likely N-dealkylation sites (tertiary alicyclic amines) is 1. The van der Waals surface area contributed by atoms with Crippen molar-refractivity contribution in [1.29, 1.82) is 0 Å². The van der Waals surface area contributed by atoms with Gasteiger partial charge in [-0.2, -0.15) is 0 Å². The Labute approximate surface area is 189 Å². The molecule has 2 N–H and O–H groups in total. The average Bonchev–Trinajstić information content (AvgIpc) is 3.28. The number of benzene rings is 2. The number of nitrogens with one attached hydrogen (secondary N) is 1. The van der Waals surface area contributed by atoms with Crippen LogP contribution in [0, 0.1) is 11.8 Å². The number of rotatable bonds is 8. The summed E-state index contributed by atoms with van der Waals surface area (Å²) in [5.41, 5.74) is 1.91. The number of piperidine rings is 1. The van der Waals surface area contributed by atoms with E-state index in [1.54, 1.807) is 13.2 Å². The van der Waals surface area contributed by atoms with Crippen LogP contribution >= 0.6 is 0 Å². The first-order valence-corrected chi connectivity index (χ1v) is 11.3. The molecule has 7 heteroatoms. The van der Waals surface area contributed by atoms with Crippen LogP contribution in [0.1, 0.15) is 37.3 Å². The number of methoxy groups -OCH3 is 1. The van der Waals surface area contributed by atoms with Gasteiger partial charge in [0, 0.05) is 37.7 Å². The predicted octanol–water partition coefficient (Wildman–Crippen LogP) is 3.68. The third kappa shape index (κ3) is 5.27. The summed E-state index contributed by atoms with van der Waals surface area (Å²) in [5.74, 6) is 3.33. The van der Waals surface area contributed by atoms with Crippen molar-refractivity contribution >= 4 is 5.91 Å². The molecule has 2 aliphatic heterocycles. The van der Waals surface area contributed by atoms with Gasteiger partial charge in [0.15, 0.2) is 11.5 Å². The third-order valence-electron chi connectivity index (χ3n) is 6.56. The summed E-state index contributed by atoms with van der Waals surface area (Å²) in [5, 5.41) is 13.3. The molecular formula is C25H32N2O5. The normalized spacial score (nSPS) is 20.2. The van der Waals surface area contributed by atoms with Crippen molar-refractivity contribution < 1.29 is 24.1 Å². The number of hydrogen-bond donors (Lipinski definition) is 2. The first kappa shape index (κ1) is 22.3. The number of amides is 1. The Morgan fingerprint density at radius 2 is 2.03 bits per heavy atom. The molecule has 0 saturated carbocycles. The average molecular weight is 441 g/mol. The van der Waals surface area contributed by atoms with Gasteiger partial charge < -0.3 is 24.6 Å². The van der Waals surface area contributed by atoms with Gasteiger partial charge in [0.2, 0.25) is 12.7 Å². The van der Waals surface area contributed by atoms with Crippen LogP contribution in [0.15, 0.2) is 36.4 Å². The molecule has 0 aliphatic carbocycles. The van der Waals surface area contributed by atoms with Crippen LogP contribution < -0.4 is 19.5 Å². The molecule has 1 fully saturated rings. The lowest BCUT2D eigenvalue weighted by Crippen LogP contribution is -2.41. The fraction of sp³-hybridized carbons (Fsp3) is 0.480. The number of aromatic hydroxyl groups is 1. The second-order valence-electron chi connectivity index (χ2n) is 8.62. The summed E-state index contributed by atoms with van der Waals surface area (Å²) in [4.78, 5) is 15.0. The molecule has 0 unspecified atom stereocenters. The van der Waals surface area contributed by atoms with E-state index in [-0.39, 0.29) is 18.4 Å². The molecule has 172 valence electrons. The van der Waals surface area contributed by atoms with Crippen molar-refractivity contribution in [3.8, 4) is 23.0 Å². The summed E-state index contributed by atoms with van der Waals surface area (Å²) in [6.07, 6.45) is 2.56. The number of carbonyl (C=O) groups excluding carboxylic acids is 1. The summed E-state index contributed by atoms with van der Waals surface area (Å²) in [6, 6.07) is 11.2. The lowest BCUT2D eigenvalue weighted by molar-refractivity contribution is -0.123. The fourth-order valence-corrected chi connectivity index (χ4v) is 4.64. The monoisotopic (exact) mass is 440 g/mol. The fourth-order valence-electron chi connectivity index (χ4n) is 4.64. The number of hydrogen-bond acceptors (Lipinski definition) is 6. The highest BCUT2D eigenvalue weighted by Gasteiger charge is 2.30. The van der Waals surface area contributed by atoms with E-state index >= 15 is 0 Å². The molecule has 2 aromatic carbocycles. The summed E-state index contributed by atoms with van der Waals surface area (Å²) in [6.45, 7) is 5.48. The lowest BCUT2D eigenvalue weighted by Gasteiger charge is -2.38. The number of phenols is 1. The van der Waals surface area contributed by atoms with E-state index in [2.05, 4.69) is 17.1 Å². The van der Waals surface area contributed by atoms with E-state index in [1.807, 2.05) is 30.3 Å². The van der Waals surface area contributed by atoms with E-state index in [0.29, 0.717) is 37.1 Å². The van der Waals surface area contributed by atoms with E-state index in [1.165, 1.54) is 0 Å². The SMILES string of the molecule is CC[C@H]1CN(Cc2ccc(OC)cc2O)CC[C@H]1CC(=O)NCc1ccc2c(c1)OCO2. The standard InChI is InChI=1S/C25H32N2O5/c1-3-18-14-27(15-20-5-6-21(30-2)12-22(20)28)9-8-19(18)11-25(29)26-13-17-4-7-23-24(10-17)32-16-31-23/h4-7,10,12,18-19,28H,3,8-9,11,13-16H2,1-2H3,(H,26,29)/t18-,19-/m0/s1. The van der Waals surface area contributed by atoms with Gasteiger partial charge in [-0.1, -0.05) is 25.5 Å². The van der Waals surface area contributed by atoms with Crippen molar-refractivity contribution in [2.45, 2.75) is 39.3 Å². The lowest BCUT2D eigenvalue weighted by atomic mass is 9.81. The highest BCUT2D eigenvalue weighted by atomic mass is 16.7. The Hall–Kier alpha value is -2.93. The van der Waals surface area contributed by atoms with E-state index in [9.17, 15) is 9.90 Å². The van der Waals surface area contributed by atoms with E-state index < -0.39 is 0 Å². The zero-order valence-electron chi connectivity index (χ0n) is 18.8. The Kier molecular flexibility index (Phi) is 7.05. The molecule has 2 aromatic rings. The number of fused-ring (bicyclic) bond motifs is 1. The van der Waals surface area contributed by atoms with Crippen LogP contribution in [0.5, 0.6) is 23.0 Å². The highest BCUT2D eigenvalue weighted by molar-refractivity contribution is 5.76. The minimum absolute atomic E-state index is 0.0902. The maximum absolute atomic E-state index is 12.6. The molecule has 1 saturated heterocycles. The minimum Gasteiger partial charge on any atom is -0.507 e. The molecule has 4 rings (SSSR count). The maximum atomic E-state index is 12.6. The van der Waals surface area contributed by atoms with Gasteiger partial charge in [-0.05, 0) is 48.6 Å². The van der Waals surface area contributed by atoms with Crippen molar-refractivity contribution in [3.05, 3.63) is 47.5 Å². The number of carbonyl (C=O) groups is 1. The topological polar surface area (TPSA) is 80.3 Å². The van der Waals surface area contributed by atoms with Gasteiger partial charge >= 0.3 is 0 Å². The van der Waals surface area contributed by atoms with Crippen molar-refractivity contribution in [1.82, 2.24) is 10.2 Å². The van der Waals surface area contributed by atoms with Gasteiger partial charge in [-0.3, -0.25) is 9.69 Å². The third-order valence-corrected chi connectivity index (χ3v) is 6.56. The summed E-state index contributed by atoms with van der Waals surface area (Å²) in [7, 11) is 1.59. The van der Waals surface area contributed by atoms with Crippen LogP contribution in [0.25, 0.3) is 0 Å². The van der Waals surface area contributed by atoms with Gasteiger partial charge in [0.05, 0.1) is 7.11 Å². The van der Waals surface area contributed by atoms with Gasteiger partial charge in [-0.25, -0.2) is 0 Å². The molecule has 0 aromatic heterocycles. The Morgan fingerprint density at radius 1 is 1.19 bits per heavy atom. The predicted molar refractivity (Wildman–Crippen MR) is 121 cm³/mol. The molecular weight excluding hydrogens is 408 g/mol. The molecule has 0 bridgehead atoms. The Bertz CT molecular complexity index is 948. The van der Waals surface area contributed by atoms with Crippen LogP contribution in [-0.4, -0.2) is 42.9 Å². The molecule has 2 heterocycles. The molecule has 2 atom stereocenters. The Balaban J connectivity index is 1.27. The molecule has 0 spiro atoms. The van der Waals surface area contributed by atoms with E-state index in [0.717, 1.165) is 48.6 Å². The first-order chi connectivity index (χ1) is 15.6. The molecule has 0 radical (unpaired) electrons. The van der Waals surface area contributed by atoms with E-state index in [4.69, 9.17) is 14.2 Å². The molecule has 7 nitrogen and oxygen atoms in total. The van der Waals surface area contributed by atoms with Crippen molar-refractivity contribution in [2.24, 2.45) is 11.8 Å². The Morgan fingerprint density at radius 3 is 2.81 bits per heavy atom. The van der Waals surface area contributed by atoms with Gasteiger partial charge in [-0.15, -0.1) is 0 Å². The zero-order chi connectivity index (χ0) is 22.5. The number of phenolic OH excluding ortho intramolecular Hbond substituents is 1. The molecule has 2 aliphatic rings.